The Kier molecular flexibility index (Phi) is 5.05. The largest absolute Gasteiger partial charge is 0.494 e. The number of benzene rings is 1. The van der Waals surface area contributed by atoms with Crippen molar-refractivity contribution in [3.05, 3.63) is 29.8 Å². The fraction of sp³-hybridized carbons (Fsp3) is 0.588. The van der Waals surface area contributed by atoms with Gasteiger partial charge in [-0.25, -0.2) is 0 Å². The Morgan fingerprint density at radius 2 is 1.90 bits per heavy atom. The molecule has 0 bridgehead atoms. The lowest BCUT2D eigenvalue weighted by Crippen LogP contribution is -2.21. The Labute approximate surface area is 121 Å². The molecule has 20 heavy (non-hydrogen) atoms. The molecule has 1 aliphatic carbocycles. The fourth-order valence-corrected chi connectivity index (χ4v) is 3.29. The van der Waals surface area contributed by atoms with Crippen LogP contribution < -0.4 is 4.74 Å². The Bertz CT molecular complexity index is 430. The van der Waals surface area contributed by atoms with Crippen molar-refractivity contribution in [2.45, 2.75) is 51.9 Å². The van der Waals surface area contributed by atoms with Crippen molar-refractivity contribution in [3.63, 3.8) is 0 Å². The smallest absolute Gasteiger partial charge is 0.303 e. The predicted molar refractivity (Wildman–Crippen MR) is 79.1 cm³/mol. The summed E-state index contributed by atoms with van der Waals surface area (Å²) in [6.07, 6.45) is 6.75. The van der Waals surface area contributed by atoms with Gasteiger partial charge in [-0.1, -0.05) is 25.0 Å². The topological polar surface area (TPSA) is 46.5 Å². The van der Waals surface area contributed by atoms with E-state index in [0.717, 1.165) is 31.4 Å². The second kappa shape index (κ2) is 6.78. The molecule has 3 heteroatoms. The molecule has 1 fully saturated rings. The highest BCUT2D eigenvalue weighted by molar-refractivity contribution is 5.67. The van der Waals surface area contributed by atoms with E-state index in [1.165, 1.54) is 18.4 Å². The van der Waals surface area contributed by atoms with Crippen LogP contribution in [0.4, 0.5) is 0 Å². The molecule has 2 rings (SSSR count). The molecule has 0 heterocycles. The summed E-state index contributed by atoms with van der Waals surface area (Å²) in [5.74, 6) is 0.246. The van der Waals surface area contributed by atoms with E-state index < -0.39 is 5.97 Å². The van der Waals surface area contributed by atoms with E-state index in [4.69, 9.17) is 9.84 Å². The normalized spacial score (nSPS) is 17.1. The maximum absolute atomic E-state index is 11.1. The van der Waals surface area contributed by atoms with Crippen molar-refractivity contribution < 1.29 is 14.6 Å². The van der Waals surface area contributed by atoms with Gasteiger partial charge in [-0.05, 0) is 55.7 Å². The maximum Gasteiger partial charge on any atom is 0.303 e. The number of carboxylic acids is 1. The van der Waals surface area contributed by atoms with Crippen LogP contribution >= 0.6 is 0 Å². The number of carboxylic acid groups (broad SMARTS) is 1. The number of rotatable bonds is 7. The second-order valence-electron chi connectivity index (χ2n) is 5.85. The number of ether oxygens (including phenoxy) is 1. The van der Waals surface area contributed by atoms with Crippen LogP contribution in [0.5, 0.6) is 5.75 Å². The van der Waals surface area contributed by atoms with Crippen molar-refractivity contribution in [2.24, 2.45) is 5.41 Å². The molecule has 110 valence electrons. The molecule has 0 saturated heterocycles. The van der Waals surface area contributed by atoms with Crippen LogP contribution in [0.25, 0.3) is 0 Å². The van der Waals surface area contributed by atoms with Crippen LogP contribution in [-0.2, 0) is 11.2 Å². The first-order valence-electron chi connectivity index (χ1n) is 7.57. The molecular weight excluding hydrogens is 252 g/mol. The molecule has 0 amide bonds. The Balaban J connectivity index is 1.93. The third-order valence-corrected chi connectivity index (χ3v) is 4.37. The minimum atomic E-state index is -0.654. The summed E-state index contributed by atoms with van der Waals surface area (Å²) >= 11 is 0. The molecule has 3 nitrogen and oxygen atoms in total. The fourth-order valence-electron chi connectivity index (χ4n) is 3.29. The van der Waals surface area contributed by atoms with Crippen molar-refractivity contribution >= 4 is 5.97 Å². The van der Waals surface area contributed by atoms with Crippen LogP contribution in [0.3, 0.4) is 0 Å². The zero-order valence-corrected chi connectivity index (χ0v) is 12.2. The van der Waals surface area contributed by atoms with Crippen molar-refractivity contribution in [3.8, 4) is 5.75 Å². The van der Waals surface area contributed by atoms with Gasteiger partial charge >= 0.3 is 5.97 Å². The molecule has 0 radical (unpaired) electrons. The molecule has 0 aromatic heterocycles. The van der Waals surface area contributed by atoms with Gasteiger partial charge < -0.3 is 9.84 Å². The lowest BCUT2D eigenvalue weighted by molar-refractivity contribution is -0.139. The Morgan fingerprint density at radius 1 is 1.25 bits per heavy atom. The van der Waals surface area contributed by atoms with Crippen LogP contribution in [0.15, 0.2) is 24.3 Å². The quantitative estimate of drug-likeness (QED) is 0.817. The molecule has 1 aromatic rings. The molecular formula is C17H24O3. The van der Waals surface area contributed by atoms with Gasteiger partial charge in [-0.2, -0.15) is 0 Å². The highest BCUT2D eigenvalue weighted by Gasteiger charge is 2.35. The first kappa shape index (κ1) is 14.9. The van der Waals surface area contributed by atoms with E-state index in [2.05, 4.69) is 12.1 Å². The van der Waals surface area contributed by atoms with Gasteiger partial charge in [0.2, 0.25) is 0 Å². The lowest BCUT2D eigenvalue weighted by Gasteiger charge is -2.27. The zero-order valence-electron chi connectivity index (χ0n) is 12.2. The molecule has 1 aromatic carbocycles. The Hall–Kier alpha value is -1.51. The standard InChI is InChI=1S/C17H24O3/c1-2-20-15-7-5-14(6-8-15)9-12-17(13-16(18)19)10-3-4-11-17/h5-8H,2-4,9-13H2,1H3,(H,18,19). The zero-order chi connectivity index (χ0) is 14.4. The lowest BCUT2D eigenvalue weighted by atomic mass is 9.77. The van der Waals surface area contributed by atoms with Gasteiger partial charge in [0.15, 0.2) is 0 Å². The van der Waals surface area contributed by atoms with E-state index in [0.29, 0.717) is 13.0 Å². The van der Waals surface area contributed by atoms with Gasteiger partial charge in [0, 0.05) is 0 Å². The SMILES string of the molecule is CCOc1ccc(CCC2(CC(=O)O)CCCC2)cc1. The van der Waals surface area contributed by atoms with Gasteiger partial charge in [-0.15, -0.1) is 0 Å². The molecule has 0 aliphatic heterocycles. The van der Waals surface area contributed by atoms with Gasteiger partial charge in [0.1, 0.15) is 5.75 Å². The summed E-state index contributed by atoms with van der Waals surface area (Å²) in [5, 5.41) is 9.12. The van der Waals surface area contributed by atoms with E-state index in [1.807, 2.05) is 19.1 Å². The predicted octanol–water partition coefficient (Wildman–Crippen LogP) is 4.05. The van der Waals surface area contributed by atoms with E-state index in [-0.39, 0.29) is 5.41 Å². The molecule has 0 unspecified atom stereocenters. The number of aryl methyl sites for hydroxylation is 1. The second-order valence-corrected chi connectivity index (χ2v) is 5.85. The first-order chi connectivity index (χ1) is 9.63. The summed E-state index contributed by atoms with van der Waals surface area (Å²) in [5.41, 5.74) is 1.30. The molecule has 0 atom stereocenters. The average molecular weight is 276 g/mol. The Morgan fingerprint density at radius 3 is 2.45 bits per heavy atom. The van der Waals surface area contributed by atoms with Crippen molar-refractivity contribution in [1.82, 2.24) is 0 Å². The highest BCUT2D eigenvalue weighted by atomic mass is 16.5. The molecule has 0 spiro atoms. The number of carbonyl (C=O) groups is 1. The van der Waals surface area contributed by atoms with E-state index in [1.54, 1.807) is 0 Å². The van der Waals surface area contributed by atoms with Gasteiger partial charge in [0.25, 0.3) is 0 Å². The van der Waals surface area contributed by atoms with Gasteiger partial charge in [0.05, 0.1) is 13.0 Å². The van der Waals surface area contributed by atoms with Crippen molar-refractivity contribution in [1.29, 1.82) is 0 Å². The summed E-state index contributed by atoms with van der Waals surface area (Å²) in [6.45, 7) is 2.66. The summed E-state index contributed by atoms with van der Waals surface area (Å²) in [4.78, 5) is 11.1. The first-order valence-corrected chi connectivity index (χ1v) is 7.57. The van der Waals surface area contributed by atoms with Crippen LogP contribution in [0.1, 0.15) is 51.0 Å². The van der Waals surface area contributed by atoms with Crippen LogP contribution in [-0.4, -0.2) is 17.7 Å². The number of aliphatic carboxylic acids is 1. The monoisotopic (exact) mass is 276 g/mol. The minimum Gasteiger partial charge on any atom is -0.494 e. The van der Waals surface area contributed by atoms with E-state index in [9.17, 15) is 4.79 Å². The summed E-state index contributed by atoms with van der Waals surface area (Å²) in [7, 11) is 0. The van der Waals surface area contributed by atoms with E-state index >= 15 is 0 Å². The average Bonchev–Trinajstić information content (AvgIpc) is 2.86. The molecule has 1 saturated carbocycles. The molecule has 1 N–H and O–H groups in total. The highest BCUT2D eigenvalue weighted by Crippen LogP contribution is 2.44. The van der Waals surface area contributed by atoms with Crippen LogP contribution in [0, 0.1) is 5.41 Å². The number of hydrogen-bond acceptors (Lipinski definition) is 2. The third kappa shape index (κ3) is 3.99. The van der Waals surface area contributed by atoms with Crippen LogP contribution in [0.2, 0.25) is 0 Å². The summed E-state index contributed by atoms with van der Waals surface area (Å²) in [6, 6.07) is 8.18. The molecule has 1 aliphatic rings. The van der Waals surface area contributed by atoms with Crippen molar-refractivity contribution in [2.75, 3.05) is 6.61 Å². The van der Waals surface area contributed by atoms with Gasteiger partial charge in [-0.3, -0.25) is 4.79 Å². The third-order valence-electron chi connectivity index (χ3n) is 4.37. The number of hydrogen-bond donors (Lipinski definition) is 1. The maximum atomic E-state index is 11.1. The minimum absolute atomic E-state index is 0.0322. The summed E-state index contributed by atoms with van der Waals surface area (Å²) < 4.78 is 5.43.